The molecule has 0 aliphatic heterocycles. The molecule has 1 atom stereocenters. The van der Waals surface area contributed by atoms with Crippen molar-refractivity contribution in [1.29, 1.82) is 0 Å². The van der Waals surface area contributed by atoms with Gasteiger partial charge in [0, 0.05) is 6.54 Å². The Morgan fingerprint density at radius 1 is 1.07 bits per heavy atom. The number of halogens is 3. The third-order valence-corrected chi connectivity index (χ3v) is 3.94. The highest BCUT2D eigenvalue weighted by atomic mass is 19.4. The monoisotopic (exact) mass is 394 g/mol. The van der Waals surface area contributed by atoms with Gasteiger partial charge in [0.25, 0.3) is 5.91 Å². The fourth-order valence-electron chi connectivity index (χ4n) is 2.56. The Labute approximate surface area is 161 Å². The van der Waals surface area contributed by atoms with Crippen LogP contribution in [0.15, 0.2) is 54.6 Å². The van der Waals surface area contributed by atoms with E-state index in [1.54, 1.807) is 44.2 Å². The SMILES string of the molecule is CCN(CC(=O)Nc1ccccc1C(F)(F)F)C(=O)C(C)Oc1ccccc1. The van der Waals surface area contributed by atoms with Gasteiger partial charge >= 0.3 is 6.18 Å². The summed E-state index contributed by atoms with van der Waals surface area (Å²) in [4.78, 5) is 26.0. The summed E-state index contributed by atoms with van der Waals surface area (Å²) in [5, 5.41) is 2.23. The third-order valence-electron chi connectivity index (χ3n) is 3.94. The van der Waals surface area contributed by atoms with Gasteiger partial charge in [-0.3, -0.25) is 9.59 Å². The third kappa shape index (κ3) is 5.73. The lowest BCUT2D eigenvalue weighted by Crippen LogP contribution is -2.44. The molecule has 0 spiro atoms. The normalized spacial score (nSPS) is 12.2. The van der Waals surface area contributed by atoms with E-state index in [0.717, 1.165) is 6.07 Å². The summed E-state index contributed by atoms with van der Waals surface area (Å²) in [6.45, 7) is 3.04. The van der Waals surface area contributed by atoms with Gasteiger partial charge in [0.15, 0.2) is 6.10 Å². The molecule has 1 unspecified atom stereocenters. The first-order valence-corrected chi connectivity index (χ1v) is 8.69. The van der Waals surface area contributed by atoms with Crippen molar-refractivity contribution in [3.63, 3.8) is 0 Å². The molecule has 0 heterocycles. The molecule has 0 aliphatic rings. The van der Waals surface area contributed by atoms with Crippen LogP contribution in [0.25, 0.3) is 0 Å². The number of amides is 2. The number of nitrogens with one attached hydrogen (secondary N) is 1. The highest BCUT2D eigenvalue weighted by Gasteiger charge is 2.33. The van der Waals surface area contributed by atoms with Crippen LogP contribution in [0.5, 0.6) is 5.75 Å². The quantitative estimate of drug-likeness (QED) is 0.773. The predicted molar refractivity (Wildman–Crippen MR) is 98.9 cm³/mol. The molecule has 0 fully saturated rings. The first-order chi connectivity index (χ1) is 13.2. The fourth-order valence-corrected chi connectivity index (χ4v) is 2.56. The van der Waals surface area contributed by atoms with Crippen LogP contribution in [0.1, 0.15) is 19.4 Å². The molecule has 5 nitrogen and oxygen atoms in total. The average Bonchev–Trinajstić information content (AvgIpc) is 2.66. The Hall–Kier alpha value is -3.03. The zero-order valence-electron chi connectivity index (χ0n) is 15.5. The molecule has 8 heteroatoms. The maximum absolute atomic E-state index is 13.0. The van der Waals surface area contributed by atoms with Crippen molar-refractivity contribution in [1.82, 2.24) is 4.90 Å². The van der Waals surface area contributed by atoms with Crippen LogP contribution in [0.4, 0.5) is 18.9 Å². The lowest BCUT2D eigenvalue weighted by atomic mass is 10.1. The van der Waals surface area contributed by atoms with Gasteiger partial charge in [0.1, 0.15) is 5.75 Å². The van der Waals surface area contributed by atoms with Crippen molar-refractivity contribution in [2.24, 2.45) is 0 Å². The smallest absolute Gasteiger partial charge is 0.418 e. The Bertz CT molecular complexity index is 810. The van der Waals surface area contributed by atoms with E-state index in [-0.39, 0.29) is 18.8 Å². The molecule has 2 rings (SSSR count). The van der Waals surface area contributed by atoms with Crippen LogP contribution in [-0.2, 0) is 15.8 Å². The summed E-state index contributed by atoms with van der Waals surface area (Å²) in [7, 11) is 0. The minimum atomic E-state index is -4.60. The number of para-hydroxylation sites is 2. The summed E-state index contributed by atoms with van der Waals surface area (Å²) in [6.07, 6.45) is -5.44. The zero-order valence-corrected chi connectivity index (χ0v) is 15.5. The summed E-state index contributed by atoms with van der Waals surface area (Å²) in [5.41, 5.74) is -1.30. The molecule has 2 aromatic carbocycles. The van der Waals surface area contributed by atoms with Crippen LogP contribution >= 0.6 is 0 Å². The molecule has 0 aliphatic carbocycles. The Kier molecular flexibility index (Phi) is 7.03. The van der Waals surface area contributed by atoms with Gasteiger partial charge in [-0.05, 0) is 38.1 Å². The largest absolute Gasteiger partial charge is 0.481 e. The molecule has 0 bridgehead atoms. The van der Waals surface area contributed by atoms with Crippen LogP contribution in [0.3, 0.4) is 0 Å². The number of nitrogens with zero attached hydrogens (tertiary/aromatic N) is 1. The summed E-state index contributed by atoms with van der Waals surface area (Å²) < 4.78 is 44.7. The lowest BCUT2D eigenvalue weighted by Gasteiger charge is -2.24. The maximum atomic E-state index is 13.0. The number of benzene rings is 2. The number of anilines is 1. The minimum Gasteiger partial charge on any atom is -0.481 e. The zero-order chi connectivity index (χ0) is 20.7. The highest BCUT2D eigenvalue weighted by Crippen LogP contribution is 2.34. The Balaban J connectivity index is 2.02. The molecule has 1 N–H and O–H groups in total. The molecule has 2 amide bonds. The van der Waals surface area contributed by atoms with Crippen LogP contribution < -0.4 is 10.1 Å². The van der Waals surface area contributed by atoms with Gasteiger partial charge in [-0.15, -0.1) is 0 Å². The van der Waals surface area contributed by atoms with Crippen LogP contribution in [-0.4, -0.2) is 35.9 Å². The molecular weight excluding hydrogens is 373 g/mol. The van der Waals surface area contributed by atoms with Crippen LogP contribution in [0.2, 0.25) is 0 Å². The lowest BCUT2D eigenvalue weighted by molar-refractivity contribution is -0.140. The number of hydrogen-bond donors (Lipinski definition) is 1. The van der Waals surface area contributed by atoms with Crippen molar-refractivity contribution in [3.8, 4) is 5.75 Å². The van der Waals surface area contributed by atoms with E-state index in [1.807, 2.05) is 0 Å². The van der Waals surface area contributed by atoms with Gasteiger partial charge in [-0.25, -0.2) is 0 Å². The van der Waals surface area contributed by atoms with E-state index in [2.05, 4.69) is 5.32 Å². The maximum Gasteiger partial charge on any atom is 0.418 e. The van der Waals surface area contributed by atoms with E-state index < -0.39 is 29.7 Å². The van der Waals surface area contributed by atoms with Crippen LogP contribution in [0, 0.1) is 0 Å². The van der Waals surface area contributed by atoms with Gasteiger partial charge in [0.2, 0.25) is 5.91 Å². The number of carbonyl (C=O) groups is 2. The summed E-state index contributed by atoms with van der Waals surface area (Å²) in [6, 6.07) is 13.4. The van der Waals surface area contributed by atoms with Gasteiger partial charge in [0.05, 0.1) is 17.8 Å². The summed E-state index contributed by atoms with van der Waals surface area (Å²) in [5.74, 6) is -0.660. The molecule has 28 heavy (non-hydrogen) atoms. The first-order valence-electron chi connectivity index (χ1n) is 8.69. The van der Waals surface area contributed by atoms with Crippen molar-refractivity contribution in [2.45, 2.75) is 26.1 Å². The molecule has 150 valence electrons. The van der Waals surface area contributed by atoms with Crippen molar-refractivity contribution >= 4 is 17.5 Å². The molecule has 2 aromatic rings. The van der Waals surface area contributed by atoms with Crippen molar-refractivity contribution in [2.75, 3.05) is 18.4 Å². The van der Waals surface area contributed by atoms with Gasteiger partial charge < -0.3 is 15.0 Å². The Morgan fingerprint density at radius 2 is 1.68 bits per heavy atom. The summed E-state index contributed by atoms with van der Waals surface area (Å²) >= 11 is 0. The average molecular weight is 394 g/mol. The van der Waals surface area contributed by atoms with E-state index >= 15 is 0 Å². The van der Waals surface area contributed by atoms with E-state index in [9.17, 15) is 22.8 Å². The standard InChI is InChI=1S/C20H21F3N2O3/c1-3-25(19(27)14(2)28-15-9-5-4-6-10-15)13-18(26)24-17-12-8-7-11-16(17)20(21,22)23/h4-12,14H,3,13H2,1-2H3,(H,24,26). The highest BCUT2D eigenvalue weighted by molar-refractivity contribution is 5.95. The van der Waals surface area contributed by atoms with Crippen molar-refractivity contribution in [3.05, 3.63) is 60.2 Å². The van der Waals surface area contributed by atoms with Gasteiger partial charge in [-0.1, -0.05) is 30.3 Å². The van der Waals surface area contributed by atoms with E-state index in [1.165, 1.54) is 23.1 Å². The number of carbonyl (C=O) groups excluding carboxylic acids is 2. The number of likely N-dealkylation sites (N-methyl/N-ethyl adjacent to an activating group) is 1. The van der Waals surface area contributed by atoms with Gasteiger partial charge in [-0.2, -0.15) is 13.2 Å². The van der Waals surface area contributed by atoms with E-state index in [0.29, 0.717) is 5.75 Å². The molecular formula is C20H21F3N2O3. The second-order valence-corrected chi connectivity index (χ2v) is 6.02. The second kappa shape index (κ2) is 9.25. The number of hydrogen-bond acceptors (Lipinski definition) is 3. The second-order valence-electron chi connectivity index (χ2n) is 6.02. The topological polar surface area (TPSA) is 58.6 Å². The molecule has 0 saturated carbocycles. The first kappa shape index (κ1) is 21.3. The fraction of sp³-hybridized carbons (Fsp3) is 0.300. The minimum absolute atomic E-state index is 0.204. The number of rotatable bonds is 7. The van der Waals surface area contributed by atoms with E-state index in [4.69, 9.17) is 4.74 Å². The number of alkyl halides is 3. The van der Waals surface area contributed by atoms with Crippen molar-refractivity contribution < 1.29 is 27.5 Å². The Morgan fingerprint density at radius 3 is 2.29 bits per heavy atom. The predicted octanol–water partition coefficient (Wildman–Crippen LogP) is 3.96. The number of ether oxygens (including phenoxy) is 1. The molecule has 0 radical (unpaired) electrons. The molecule has 0 saturated heterocycles. The molecule has 0 aromatic heterocycles.